The number of benzene rings is 1. The van der Waals surface area contributed by atoms with E-state index < -0.39 is 6.04 Å². The molecule has 1 fully saturated rings. The number of rotatable bonds is 5. The first-order valence-corrected chi connectivity index (χ1v) is 11.0. The van der Waals surface area contributed by atoms with Crippen molar-refractivity contribution in [1.82, 2.24) is 29.4 Å². The molecule has 1 aliphatic heterocycles. The SMILES string of the molecule is CCCN1CCN(C(=O)[C@@H](C)n2nc(C)c3nn(-c4ccccc4)c(C)c3c2=O)CC1. The fourth-order valence-electron chi connectivity index (χ4n) is 4.34. The van der Waals surface area contributed by atoms with Crippen LogP contribution in [0.2, 0.25) is 0 Å². The summed E-state index contributed by atoms with van der Waals surface area (Å²) >= 11 is 0. The van der Waals surface area contributed by atoms with Gasteiger partial charge in [-0.15, -0.1) is 0 Å². The Kier molecular flexibility index (Phi) is 5.91. The normalized spacial score (nSPS) is 16.1. The summed E-state index contributed by atoms with van der Waals surface area (Å²) in [6, 6.07) is 9.05. The van der Waals surface area contributed by atoms with E-state index >= 15 is 0 Å². The number of nitrogens with zero attached hydrogens (tertiary/aromatic N) is 6. The van der Waals surface area contributed by atoms with E-state index in [2.05, 4.69) is 22.0 Å². The molecule has 0 radical (unpaired) electrons. The molecule has 0 N–H and O–H groups in total. The Bertz CT molecular complexity index is 1140. The van der Waals surface area contributed by atoms with Crippen LogP contribution in [0.4, 0.5) is 0 Å². The van der Waals surface area contributed by atoms with E-state index in [9.17, 15) is 9.59 Å². The third-order valence-corrected chi connectivity index (χ3v) is 6.09. The van der Waals surface area contributed by atoms with Gasteiger partial charge >= 0.3 is 0 Å². The largest absolute Gasteiger partial charge is 0.338 e. The Hall–Kier alpha value is -3.00. The van der Waals surface area contributed by atoms with Crippen LogP contribution >= 0.6 is 0 Å². The van der Waals surface area contributed by atoms with E-state index in [-0.39, 0.29) is 11.5 Å². The standard InChI is InChI=1S/C23H30N6O2/c1-5-11-26-12-14-27(15-13-26)22(30)18(4)29-23(31)20-17(3)28(19-9-7-6-8-10-19)25-21(20)16(2)24-29/h6-10,18H,5,11-15H2,1-4H3/t18-/m1/s1. The summed E-state index contributed by atoms with van der Waals surface area (Å²) < 4.78 is 3.10. The van der Waals surface area contributed by atoms with Gasteiger partial charge in [-0.05, 0) is 45.9 Å². The third kappa shape index (κ3) is 3.87. The van der Waals surface area contributed by atoms with E-state index in [0.717, 1.165) is 37.4 Å². The van der Waals surface area contributed by atoms with Crippen molar-refractivity contribution < 1.29 is 4.79 Å². The molecule has 1 aromatic carbocycles. The highest BCUT2D eigenvalue weighted by atomic mass is 16.2. The second-order valence-corrected chi connectivity index (χ2v) is 8.23. The Morgan fingerprint density at radius 3 is 2.39 bits per heavy atom. The summed E-state index contributed by atoms with van der Waals surface area (Å²) in [5, 5.41) is 9.64. The molecule has 0 spiro atoms. The zero-order valence-corrected chi connectivity index (χ0v) is 18.7. The highest BCUT2D eigenvalue weighted by molar-refractivity contribution is 5.84. The summed E-state index contributed by atoms with van der Waals surface area (Å²) in [6.07, 6.45) is 1.11. The van der Waals surface area contributed by atoms with Gasteiger partial charge < -0.3 is 4.90 Å². The lowest BCUT2D eigenvalue weighted by atomic mass is 10.2. The van der Waals surface area contributed by atoms with Crippen molar-refractivity contribution >= 4 is 16.8 Å². The van der Waals surface area contributed by atoms with Crippen molar-refractivity contribution in [2.45, 2.75) is 40.2 Å². The molecule has 0 unspecified atom stereocenters. The maximum atomic E-state index is 13.4. The number of aryl methyl sites for hydroxylation is 2. The van der Waals surface area contributed by atoms with Gasteiger partial charge in [-0.1, -0.05) is 25.1 Å². The summed E-state index contributed by atoms with van der Waals surface area (Å²) in [5.74, 6) is -0.0578. The Balaban J connectivity index is 1.67. The van der Waals surface area contributed by atoms with Gasteiger partial charge in [0.05, 0.1) is 22.5 Å². The van der Waals surface area contributed by atoms with Crippen molar-refractivity contribution in [3.8, 4) is 5.69 Å². The molecule has 0 bridgehead atoms. The lowest BCUT2D eigenvalue weighted by Gasteiger charge is -2.35. The number of para-hydroxylation sites is 1. The van der Waals surface area contributed by atoms with E-state index in [1.165, 1.54) is 4.68 Å². The van der Waals surface area contributed by atoms with E-state index in [0.29, 0.717) is 29.7 Å². The van der Waals surface area contributed by atoms with Gasteiger partial charge in [0.2, 0.25) is 5.91 Å². The molecule has 3 aromatic rings. The van der Waals surface area contributed by atoms with Crippen molar-refractivity contribution in [2.75, 3.05) is 32.7 Å². The van der Waals surface area contributed by atoms with Gasteiger partial charge in [-0.2, -0.15) is 10.2 Å². The number of fused-ring (bicyclic) bond motifs is 1. The topological polar surface area (TPSA) is 76.3 Å². The molecular weight excluding hydrogens is 392 g/mol. The summed E-state index contributed by atoms with van der Waals surface area (Å²) in [7, 11) is 0. The van der Waals surface area contributed by atoms with Crippen LogP contribution in [-0.4, -0.2) is 68.0 Å². The number of hydrogen-bond acceptors (Lipinski definition) is 5. The van der Waals surface area contributed by atoms with E-state index in [1.807, 2.05) is 49.1 Å². The van der Waals surface area contributed by atoms with Crippen molar-refractivity contribution in [3.63, 3.8) is 0 Å². The number of piperazine rings is 1. The number of carbonyl (C=O) groups excluding carboxylic acids is 1. The van der Waals surface area contributed by atoms with Crippen LogP contribution < -0.4 is 5.56 Å². The first kappa shape index (κ1) is 21.2. The number of hydrogen-bond donors (Lipinski definition) is 0. The highest BCUT2D eigenvalue weighted by Crippen LogP contribution is 2.21. The molecule has 1 amide bonds. The van der Waals surface area contributed by atoms with Gasteiger partial charge in [-0.25, -0.2) is 9.36 Å². The van der Waals surface area contributed by atoms with Crippen LogP contribution in [0.25, 0.3) is 16.6 Å². The Morgan fingerprint density at radius 1 is 1.06 bits per heavy atom. The molecule has 1 saturated heterocycles. The highest BCUT2D eigenvalue weighted by Gasteiger charge is 2.28. The maximum Gasteiger partial charge on any atom is 0.278 e. The van der Waals surface area contributed by atoms with Gasteiger partial charge in [0, 0.05) is 26.2 Å². The van der Waals surface area contributed by atoms with Gasteiger partial charge in [-0.3, -0.25) is 14.5 Å². The Morgan fingerprint density at radius 2 is 1.74 bits per heavy atom. The van der Waals surface area contributed by atoms with Crippen molar-refractivity contribution in [3.05, 3.63) is 52.1 Å². The van der Waals surface area contributed by atoms with Crippen LogP contribution in [-0.2, 0) is 4.79 Å². The average Bonchev–Trinajstić information content (AvgIpc) is 3.14. The van der Waals surface area contributed by atoms with Crippen LogP contribution in [0, 0.1) is 13.8 Å². The van der Waals surface area contributed by atoms with Crippen LogP contribution in [0.3, 0.4) is 0 Å². The summed E-state index contributed by atoms with van der Waals surface area (Å²) in [6.45, 7) is 11.8. The average molecular weight is 423 g/mol. The first-order chi connectivity index (χ1) is 14.9. The molecule has 2 aromatic heterocycles. The summed E-state index contributed by atoms with van der Waals surface area (Å²) in [5.41, 5.74) is 2.58. The third-order valence-electron chi connectivity index (χ3n) is 6.09. The molecule has 0 saturated carbocycles. The van der Waals surface area contributed by atoms with Crippen LogP contribution in [0.1, 0.15) is 37.7 Å². The minimum atomic E-state index is -0.659. The van der Waals surface area contributed by atoms with Gasteiger partial charge in [0.15, 0.2) is 0 Å². The Labute approximate surface area is 182 Å². The minimum Gasteiger partial charge on any atom is -0.338 e. The van der Waals surface area contributed by atoms with Gasteiger partial charge in [0.25, 0.3) is 5.56 Å². The smallest absolute Gasteiger partial charge is 0.278 e. The van der Waals surface area contributed by atoms with Crippen LogP contribution in [0.5, 0.6) is 0 Å². The second-order valence-electron chi connectivity index (χ2n) is 8.23. The predicted molar refractivity (Wildman–Crippen MR) is 121 cm³/mol. The quantitative estimate of drug-likeness (QED) is 0.631. The van der Waals surface area contributed by atoms with E-state index in [4.69, 9.17) is 0 Å². The predicted octanol–water partition coefficient (Wildman–Crippen LogP) is 2.31. The van der Waals surface area contributed by atoms with Crippen LogP contribution in [0.15, 0.2) is 35.1 Å². The molecule has 1 atom stereocenters. The monoisotopic (exact) mass is 422 g/mol. The minimum absolute atomic E-state index is 0.0578. The van der Waals surface area contributed by atoms with Crippen molar-refractivity contribution in [1.29, 1.82) is 0 Å². The number of carbonyl (C=O) groups is 1. The van der Waals surface area contributed by atoms with Gasteiger partial charge in [0.1, 0.15) is 11.6 Å². The molecule has 0 aliphatic carbocycles. The molecule has 1 aliphatic rings. The fraction of sp³-hybridized carbons (Fsp3) is 0.478. The molecule has 8 heteroatoms. The fourth-order valence-corrected chi connectivity index (χ4v) is 4.34. The van der Waals surface area contributed by atoms with E-state index in [1.54, 1.807) is 11.6 Å². The van der Waals surface area contributed by atoms with Crippen molar-refractivity contribution in [2.24, 2.45) is 0 Å². The molecule has 3 heterocycles. The molecular formula is C23H30N6O2. The second kappa shape index (κ2) is 8.63. The first-order valence-electron chi connectivity index (χ1n) is 11.0. The molecule has 31 heavy (non-hydrogen) atoms. The lowest BCUT2D eigenvalue weighted by Crippen LogP contribution is -2.51. The lowest BCUT2D eigenvalue weighted by molar-refractivity contribution is -0.136. The number of aromatic nitrogens is 4. The number of amides is 1. The zero-order valence-electron chi connectivity index (χ0n) is 18.7. The molecule has 4 rings (SSSR count). The molecule has 8 nitrogen and oxygen atoms in total. The summed E-state index contributed by atoms with van der Waals surface area (Å²) in [4.78, 5) is 30.8. The maximum absolute atomic E-state index is 13.4. The zero-order chi connectivity index (χ0) is 22.1. The molecule has 164 valence electrons.